The molecule has 3 rings (SSSR count). The van der Waals surface area contributed by atoms with E-state index < -0.39 is 18.8 Å². The molecule has 3 heteroatoms. The van der Waals surface area contributed by atoms with Gasteiger partial charge < -0.3 is 5.11 Å². The Bertz CT molecular complexity index is 506. The maximum absolute atomic E-state index is 13.1. The first kappa shape index (κ1) is 13.3. The molecule has 2 aromatic carbocycles. The fourth-order valence-electron chi connectivity index (χ4n) is 2.89. The Morgan fingerprint density at radius 3 is 1.90 bits per heavy atom. The molecule has 0 bridgehead atoms. The smallest absolute Gasteiger partial charge is 0.108 e. The molecule has 104 valence electrons. The SMILES string of the molecule is OC1CN(C(c2ccccc2)c2ccccc2)C1CF. The first-order chi connectivity index (χ1) is 9.81. The number of aliphatic hydroxyl groups excluding tert-OH is 1. The third kappa shape index (κ3) is 2.35. The molecule has 2 aromatic rings. The number of likely N-dealkylation sites (tertiary alicyclic amines) is 1. The van der Waals surface area contributed by atoms with Crippen molar-refractivity contribution in [1.29, 1.82) is 0 Å². The van der Waals surface area contributed by atoms with Crippen LogP contribution in [0, 0.1) is 0 Å². The van der Waals surface area contributed by atoms with Gasteiger partial charge in [0.05, 0.1) is 18.2 Å². The van der Waals surface area contributed by atoms with Gasteiger partial charge in [0.2, 0.25) is 0 Å². The van der Waals surface area contributed by atoms with E-state index in [-0.39, 0.29) is 6.04 Å². The van der Waals surface area contributed by atoms with Crippen molar-refractivity contribution in [3.63, 3.8) is 0 Å². The van der Waals surface area contributed by atoms with Gasteiger partial charge in [-0.15, -0.1) is 0 Å². The van der Waals surface area contributed by atoms with E-state index in [1.165, 1.54) is 0 Å². The van der Waals surface area contributed by atoms with E-state index >= 15 is 0 Å². The van der Waals surface area contributed by atoms with Gasteiger partial charge in [-0.3, -0.25) is 4.90 Å². The van der Waals surface area contributed by atoms with Gasteiger partial charge in [0.25, 0.3) is 0 Å². The molecule has 2 nitrogen and oxygen atoms in total. The summed E-state index contributed by atoms with van der Waals surface area (Å²) in [5, 5.41) is 9.74. The molecule has 1 N–H and O–H groups in total. The maximum Gasteiger partial charge on any atom is 0.108 e. The molecular weight excluding hydrogens is 253 g/mol. The van der Waals surface area contributed by atoms with Gasteiger partial charge in [0.15, 0.2) is 0 Å². The predicted octanol–water partition coefficient (Wildman–Crippen LogP) is 2.79. The Morgan fingerprint density at radius 2 is 1.50 bits per heavy atom. The van der Waals surface area contributed by atoms with Crippen molar-refractivity contribution in [3.05, 3.63) is 71.8 Å². The zero-order chi connectivity index (χ0) is 13.9. The second-order valence-corrected chi connectivity index (χ2v) is 5.21. The highest BCUT2D eigenvalue weighted by molar-refractivity contribution is 5.33. The summed E-state index contributed by atoms with van der Waals surface area (Å²) in [6, 6.07) is 19.7. The van der Waals surface area contributed by atoms with Crippen LogP contribution in [-0.2, 0) is 0 Å². The summed E-state index contributed by atoms with van der Waals surface area (Å²) in [6.45, 7) is 0.000373. The van der Waals surface area contributed by atoms with Gasteiger partial charge in [0, 0.05) is 6.54 Å². The highest BCUT2D eigenvalue weighted by atomic mass is 19.1. The Hall–Kier alpha value is -1.71. The number of aliphatic hydroxyl groups is 1. The zero-order valence-electron chi connectivity index (χ0n) is 11.2. The van der Waals surface area contributed by atoms with Gasteiger partial charge >= 0.3 is 0 Å². The van der Waals surface area contributed by atoms with E-state index in [1.807, 2.05) is 41.3 Å². The Morgan fingerprint density at radius 1 is 1.00 bits per heavy atom. The number of benzene rings is 2. The van der Waals surface area contributed by atoms with Crippen molar-refractivity contribution in [1.82, 2.24) is 4.90 Å². The fourth-order valence-corrected chi connectivity index (χ4v) is 2.89. The predicted molar refractivity (Wildman–Crippen MR) is 77.2 cm³/mol. The number of hydrogen-bond acceptors (Lipinski definition) is 2. The number of hydrogen-bond donors (Lipinski definition) is 1. The van der Waals surface area contributed by atoms with E-state index in [2.05, 4.69) is 24.3 Å². The molecule has 20 heavy (non-hydrogen) atoms. The lowest BCUT2D eigenvalue weighted by Gasteiger charge is -2.48. The standard InChI is InChI=1S/C17H18FNO/c18-11-15-16(20)12-19(15)17(13-7-3-1-4-8-13)14-9-5-2-6-10-14/h1-10,15-17,20H,11-12H2. The first-order valence-corrected chi connectivity index (χ1v) is 6.91. The normalized spacial score (nSPS) is 22.8. The summed E-state index contributed by atoms with van der Waals surface area (Å²) >= 11 is 0. The van der Waals surface area contributed by atoms with Crippen LogP contribution in [-0.4, -0.2) is 35.4 Å². The van der Waals surface area contributed by atoms with Crippen LogP contribution in [0.3, 0.4) is 0 Å². The molecule has 1 fully saturated rings. The summed E-state index contributed by atoms with van der Waals surface area (Å²) in [6.07, 6.45) is -0.560. The summed E-state index contributed by atoms with van der Waals surface area (Å²) in [4.78, 5) is 2.04. The van der Waals surface area contributed by atoms with E-state index in [4.69, 9.17) is 0 Å². The molecule has 0 aliphatic carbocycles. The van der Waals surface area contributed by atoms with E-state index in [9.17, 15) is 9.50 Å². The molecule has 2 unspecified atom stereocenters. The van der Waals surface area contributed by atoms with Crippen LogP contribution in [0.1, 0.15) is 17.2 Å². The van der Waals surface area contributed by atoms with Crippen LogP contribution in [0.5, 0.6) is 0 Å². The molecule has 0 radical (unpaired) electrons. The van der Waals surface area contributed by atoms with Crippen molar-refractivity contribution in [2.75, 3.05) is 13.2 Å². The summed E-state index contributed by atoms with van der Waals surface area (Å²) in [7, 11) is 0. The number of rotatable bonds is 4. The average Bonchev–Trinajstić information content (AvgIpc) is 2.49. The van der Waals surface area contributed by atoms with Crippen molar-refractivity contribution in [3.8, 4) is 0 Å². The quantitative estimate of drug-likeness (QED) is 0.924. The number of alkyl halides is 1. The van der Waals surface area contributed by atoms with Crippen molar-refractivity contribution < 1.29 is 9.50 Å². The molecule has 1 aliphatic rings. The second kappa shape index (κ2) is 5.73. The highest BCUT2D eigenvalue weighted by Crippen LogP contribution is 2.35. The van der Waals surface area contributed by atoms with Crippen LogP contribution >= 0.6 is 0 Å². The maximum atomic E-state index is 13.1. The highest BCUT2D eigenvalue weighted by Gasteiger charge is 2.42. The number of β-amino-alcohol motifs (C(OH)–C–C–N with tert-alkyl or cyclic N) is 1. The van der Waals surface area contributed by atoms with Gasteiger partial charge in [-0.05, 0) is 11.1 Å². The molecular formula is C17H18FNO. The minimum atomic E-state index is -0.560. The van der Waals surface area contributed by atoms with Crippen LogP contribution in [0.4, 0.5) is 4.39 Å². The van der Waals surface area contributed by atoms with Crippen LogP contribution in [0.2, 0.25) is 0 Å². The van der Waals surface area contributed by atoms with Crippen LogP contribution in [0.15, 0.2) is 60.7 Å². The van der Waals surface area contributed by atoms with Gasteiger partial charge in [-0.2, -0.15) is 0 Å². The molecule has 2 atom stereocenters. The monoisotopic (exact) mass is 271 g/mol. The van der Waals surface area contributed by atoms with Crippen molar-refractivity contribution in [2.45, 2.75) is 18.2 Å². The zero-order valence-corrected chi connectivity index (χ0v) is 11.2. The largest absolute Gasteiger partial charge is 0.390 e. The average molecular weight is 271 g/mol. The summed E-state index contributed by atoms with van der Waals surface area (Å²) in [5.74, 6) is 0. The molecule has 1 aliphatic heterocycles. The van der Waals surface area contributed by atoms with Gasteiger partial charge in [-0.25, -0.2) is 4.39 Å². The van der Waals surface area contributed by atoms with Crippen molar-refractivity contribution in [2.24, 2.45) is 0 Å². The Labute approximate surface area is 118 Å². The summed E-state index contributed by atoms with van der Waals surface area (Å²) in [5.41, 5.74) is 2.26. The summed E-state index contributed by atoms with van der Waals surface area (Å²) < 4.78 is 13.1. The Kier molecular flexibility index (Phi) is 3.81. The third-order valence-corrected chi connectivity index (χ3v) is 3.99. The molecule has 0 saturated carbocycles. The van der Waals surface area contributed by atoms with Gasteiger partial charge in [-0.1, -0.05) is 60.7 Å². The molecule has 1 heterocycles. The number of nitrogens with zero attached hydrogens (tertiary/aromatic N) is 1. The van der Waals surface area contributed by atoms with E-state index in [0.29, 0.717) is 6.54 Å². The second-order valence-electron chi connectivity index (χ2n) is 5.21. The molecule has 0 aromatic heterocycles. The van der Waals surface area contributed by atoms with Crippen LogP contribution in [0.25, 0.3) is 0 Å². The first-order valence-electron chi connectivity index (χ1n) is 6.91. The third-order valence-electron chi connectivity index (χ3n) is 3.99. The minimum Gasteiger partial charge on any atom is -0.390 e. The topological polar surface area (TPSA) is 23.5 Å². The molecule has 0 spiro atoms. The fraction of sp³-hybridized carbons (Fsp3) is 0.294. The van der Waals surface area contributed by atoms with Crippen LogP contribution < -0.4 is 0 Å². The minimum absolute atomic E-state index is 0.00144. The lowest BCUT2D eigenvalue weighted by atomic mass is 9.89. The van der Waals surface area contributed by atoms with Crippen molar-refractivity contribution >= 4 is 0 Å². The van der Waals surface area contributed by atoms with Gasteiger partial charge in [0.1, 0.15) is 6.67 Å². The molecule has 0 amide bonds. The lowest BCUT2D eigenvalue weighted by molar-refractivity contribution is -0.0863. The number of halogens is 1. The lowest BCUT2D eigenvalue weighted by Crippen LogP contribution is -2.62. The molecule has 1 saturated heterocycles. The van der Waals surface area contributed by atoms with E-state index in [1.54, 1.807) is 0 Å². The van der Waals surface area contributed by atoms with E-state index in [0.717, 1.165) is 11.1 Å². The Balaban J connectivity index is 1.97.